The second-order valence-electron chi connectivity index (χ2n) is 4.74. The van der Waals surface area contributed by atoms with Crippen LogP contribution in [0.15, 0.2) is 12.1 Å². The molecule has 0 N–H and O–H groups in total. The van der Waals surface area contributed by atoms with Gasteiger partial charge in [-0.05, 0) is 30.9 Å². The molecule has 100 valence electrons. The molecule has 1 aromatic carbocycles. The smallest absolute Gasteiger partial charge is 0.164 e. The third kappa shape index (κ3) is 2.71. The molecule has 0 saturated heterocycles. The first-order chi connectivity index (χ1) is 8.78. The molecule has 0 bridgehead atoms. The van der Waals surface area contributed by atoms with Crippen molar-refractivity contribution in [3.8, 4) is 17.2 Å². The Kier molecular flexibility index (Phi) is 4.34. The molecule has 18 heavy (non-hydrogen) atoms. The predicted octanol–water partition coefficient (Wildman–Crippen LogP) is 3.59. The van der Waals surface area contributed by atoms with E-state index in [1.54, 1.807) is 14.2 Å². The quantitative estimate of drug-likeness (QED) is 0.799. The SMILES string of the molecule is CCCCC1CCc2cc(OC)c(OC)cc2O1. The zero-order valence-electron chi connectivity index (χ0n) is 11.5. The van der Waals surface area contributed by atoms with Gasteiger partial charge in [0.05, 0.1) is 20.3 Å². The van der Waals surface area contributed by atoms with Gasteiger partial charge in [0.1, 0.15) is 5.75 Å². The highest BCUT2D eigenvalue weighted by Crippen LogP contribution is 2.38. The zero-order valence-corrected chi connectivity index (χ0v) is 11.5. The standard InChI is InChI=1S/C15H22O3/c1-4-5-6-12-8-7-11-9-14(16-2)15(17-3)10-13(11)18-12/h9-10,12H,4-8H2,1-3H3. The number of fused-ring (bicyclic) bond motifs is 1. The second kappa shape index (κ2) is 5.98. The molecule has 1 heterocycles. The summed E-state index contributed by atoms with van der Waals surface area (Å²) >= 11 is 0. The van der Waals surface area contributed by atoms with E-state index in [-0.39, 0.29) is 0 Å². The van der Waals surface area contributed by atoms with Crippen molar-refractivity contribution < 1.29 is 14.2 Å². The lowest BCUT2D eigenvalue weighted by Crippen LogP contribution is -2.22. The highest BCUT2D eigenvalue weighted by Gasteiger charge is 2.21. The van der Waals surface area contributed by atoms with Crippen LogP contribution in [-0.4, -0.2) is 20.3 Å². The first kappa shape index (κ1) is 13.1. The fourth-order valence-corrected chi connectivity index (χ4v) is 2.40. The van der Waals surface area contributed by atoms with Crippen LogP contribution in [0.5, 0.6) is 17.2 Å². The van der Waals surface area contributed by atoms with Crippen LogP contribution in [0.1, 0.15) is 38.2 Å². The van der Waals surface area contributed by atoms with Gasteiger partial charge in [-0.3, -0.25) is 0 Å². The van der Waals surface area contributed by atoms with Gasteiger partial charge in [0.25, 0.3) is 0 Å². The number of rotatable bonds is 5. The summed E-state index contributed by atoms with van der Waals surface area (Å²) < 4.78 is 16.7. The van der Waals surface area contributed by atoms with Crippen LogP contribution in [0, 0.1) is 0 Å². The Labute approximate surface area is 109 Å². The van der Waals surface area contributed by atoms with Crippen LogP contribution < -0.4 is 14.2 Å². The first-order valence-electron chi connectivity index (χ1n) is 6.70. The van der Waals surface area contributed by atoms with Crippen molar-refractivity contribution in [1.29, 1.82) is 0 Å². The van der Waals surface area contributed by atoms with E-state index in [2.05, 4.69) is 6.92 Å². The molecule has 0 radical (unpaired) electrons. The number of hydrogen-bond acceptors (Lipinski definition) is 3. The molecule has 1 atom stereocenters. The molecule has 0 aromatic heterocycles. The zero-order chi connectivity index (χ0) is 13.0. The number of aryl methyl sites for hydroxylation is 1. The Bertz CT molecular complexity index is 401. The van der Waals surface area contributed by atoms with Crippen LogP contribution in [0.2, 0.25) is 0 Å². The van der Waals surface area contributed by atoms with E-state index < -0.39 is 0 Å². The molecule has 3 nitrogen and oxygen atoms in total. The van der Waals surface area contributed by atoms with E-state index in [0.717, 1.165) is 36.5 Å². The van der Waals surface area contributed by atoms with Gasteiger partial charge in [0.2, 0.25) is 0 Å². The number of benzene rings is 1. The van der Waals surface area contributed by atoms with E-state index in [1.807, 2.05) is 12.1 Å². The molecule has 0 amide bonds. The lowest BCUT2D eigenvalue weighted by molar-refractivity contribution is 0.160. The van der Waals surface area contributed by atoms with E-state index in [0.29, 0.717) is 6.10 Å². The molecule has 0 fully saturated rings. The molecular weight excluding hydrogens is 228 g/mol. The summed E-state index contributed by atoms with van der Waals surface area (Å²) in [6, 6.07) is 3.98. The number of hydrogen-bond donors (Lipinski definition) is 0. The van der Waals surface area contributed by atoms with Crippen LogP contribution in [0.25, 0.3) is 0 Å². The number of unbranched alkanes of at least 4 members (excludes halogenated alkanes) is 1. The summed E-state index contributed by atoms with van der Waals surface area (Å²) in [6.45, 7) is 2.21. The fourth-order valence-electron chi connectivity index (χ4n) is 2.40. The first-order valence-corrected chi connectivity index (χ1v) is 6.70. The highest BCUT2D eigenvalue weighted by molar-refractivity contribution is 5.51. The molecular formula is C15H22O3. The van der Waals surface area contributed by atoms with Crippen molar-refractivity contribution in [2.45, 2.75) is 45.1 Å². The monoisotopic (exact) mass is 250 g/mol. The van der Waals surface area contributed by atoms with Gasteiger partial charge in [-0.1, -0.05) is 19.8 Å². The highest BCUT2D eigenvalue weighted by atomic mass is 16.5. The largest absolute Gasteiger partial charge is 0.493 e. The van der Waals surface area contributed by atoms with Gasteiger partial charge in [-0.25, -0.2) is 0 Å². The van der Waals surface area contributed by atoms with Crippen LogP contribution in [0.3, 0.4) is 0 Å². The van der Waals surface area contributed by atoms with E-state index in [1.165, 1.54) is 18.4 Å². The molecule has 1 aliphatic rings. The van der Waals surface area contributed by atoms with Crippen molar-refractivity contribution in [3.05, 3.63) is 17.7 Å². The summed E-state index contributed by atoms with van der Waals surface area (Å²) in [7, 11) is 3.32. The maximum absolute atomic E-state index is 6.04. The third-order valence-electron chi connectivity index (χ3n) is 3.48. The second-order valence-corrected chi connectivity index (χ2v) is 4.74. The molecule has 1 unspecified atom stereocenters. The summed E-state index contributed by atoms with van der Waals surface area (Å²) in [5.41, 5.74) is 1.22. The van der Waals surface area contributed by atoms with Crippen LogP contribution in [-0.2, 0) is 6.42 Å². The minimum atomic E-state index is 0.357. The average molecular weight is 250 g/mol. The van der Waals surface area contributed by atoms with E-state index >= 15 is 0 Å². The molecule has 1 aliphatic heterocycles. The Hall–Kier alpha value is -1.38. The fraction of sp³-hybridized carbons (Fsp3) is 0.600. The Morgan fingerprint density at radius 2 is 1.94 bits per heavy atom. The van der Waals surface area contributed by atoms with Crippen molar-refractivity contribution in [3.63, 3.8) is 0 Å². The lowest BCUT2D eigenvalue weighted by atomic mass is 9.98. The van der Waals surface area contributed by atoms with Gasteiger partial charge in [0.15, 0.2) is 11.5 Å². The van der Waals surface area contributed by atoms with Gasteiger partial charge < -0.3 is 14.2 Å². The Morgan fingerprint density at radius 3 is 2.61 bits per heavy atom. The van der Waals surface area contributed by atoms with Gasteiger partial charge in [0, 0.05) is 6.07 Å². The van der Waals surface area contributed by atoms with Gasteiger partial charge >= 0.3 is 0 Å². The minimum absolute atomic E-state index is 0.357. The topological polar surface area (TPSA) is 27.7 Å². The summed E-state index contributed by atoms with van der Waals surface area (Å²) in [5, 5.41) is 0. The van der Waals surface area contributed by atoms with Crippen molar-refractivity contribution in [1.82, 2.24) is 0 Å². The van der Waals surface area contributed by atoms with E-state index in [4.69, 9.17) is 14.2 Å². The number of methoxy groups -OCH3 is 2. The van der Waals surface area contributed by atoms with Gasteiger partial charge in [-0.2, -0.15) is 0 Å². The summed E-state index contributed by atoms with van der Waals surface area (Å²) in [5.74, 6) is 2.49. The molecule has 1 aromatic rings. The Morgan fingerprint density at radius 1 is 1.22 bits per heavy atom. The predicted molar refractivity (Wildman–Crippen MR) is 71.8 cm³/mol. The van der Waals surface area contributed by atoms with Gasteiger partial charge in [-0.15, -0.1) is 0 Å². The van der Waals surface area contributed by atoms with E-state index in [9.17, 15) is 0 Å². The van der Waals surface area contributed by atoms with Crippen LogP contribution >= 0.6 is 0 Å². The van der Waals surface area contributed by atoms with Crippen molar-refractivity contribution in [2.24, 2.45) is 0 Å². The molecule has 2 rings (SSSR count). The maximum Gasteiger partial charge on any atom is 0.164 e. The molecule has 3 heteroatoms. The lowest BCUT2D eigenvalue weighted by Gasteiger charge is -2.27. The number of ether oxygens (including phenoxy) is 3. The molecule has 0 spiro atoms. The minimum Gasteiger partial charge on any atom is -0.493 e. The molecule has 0 saturated carbocycles. The summed E-state index contributed by atoms with van der Waals surface area (Å²) in [4.78, 5) is 0. The third-order valence-corrected chi connectivity index (χ3v) is 3.48. The van der Waals surface area contributed by atoms with Crippen molar-refractivity contribution >= 4 is 0 Å². The summed E-state index contributed by atoms with van der Waals surface area (Å²) in [6.07, 6.45) is 6.11. The normalized spacial score (nSPS) is 17.8. The maximum atomic E-state index is 6.04. The molecule has 0 aliphatic carbocycles. The average Bonchev–Trinajstić information content (AvgIpc) is 2.43. The Balaban J connectivity index is 2.16. The van der Waals surface area contributed by atoms with Crippen LogP contribution in [0.4, 0.5) is 0 Å². The van der Waals surface area contributed by atoms with Crippen molar-refractivity contribution in [2.75, 3.05) is 14.2 Å².